The van der Waals surface area contributed by atoms with Crippen molar-refractivity contribution in [2.45, 2.75) is 22.7 Å². The van der Waals surface area contributed by atoms with E-state index in [1.807, 2.05) is 6.92 Å². The molecule has 5 nitrogen and oxygen atoms in total. The first-order valence-electron chi connectivity index (χ1n) is 5.29. The molecule has 0 aliphatic heterocycles. The van der Waals surface area contributed by atoms with E-state index in [1.165, 1.54) is 23.1 Å². The Hall–Kier alpha value is -1.91. The van der Waals surface area contributed by atoms with Crippen LogP contribution in [0.5, 0.6) is 0 Å². The highest BCUT2D eigenvalue weighted by atomic mass is 32.2. The van der Waals surface area contributed by atoms with E-state index in [4.69, 9.17) is 10.4 Å². The topological polar surface area (TPSA) is 86.9 Å². The third-order valence-corrected chi connectivity index (χ3v) is 4.02. The van der Waals surface area contributed by atoms with Crippen LogP contribution in [0.4, 0.5) is 0 Å². The number of carbonyl (C=O) groups is 1. The summed E-state index contributed by atoms with van der Waals surface area (Å²) in [7, 11) is 0. The van der Waals surface area contributed by atoms with E-state index in [-0.39, 0.29) is 6.42 Å². The van der Waals surface area contributed by atoms with Crippen molar-refractivity contribution in [1.82, 2.24) is 9.97 Å². The molecule has 2 aromatic rings. The van der Waals surface area contributed by atoms with Gasteiger partial charge in [0, 0.05) is 11.1 Å². The smallest absolute Gasteiger partial charge is 0.309 e. The molecule has 1 N–H and O–H groups in total. The van der Waals surface area contributed by atoms with Crippen LogP contribution >= 0.6 is 23.1 Å². The van der Waals surface area contributed by atoms with E-state index in [1.54, 1.807) is 17.5 Å². The number of hydrogen-bond acceptors (Lipinski definition) is 6. The summed E-state index contributed by atoms with van der Waals surface area (Å²) >= 11 is 2.70. The molecule has 0 aromatic carbocycles. The third kappa shape index (κ3) is 3.77. The zero-order valence-corrected chi connectivity index (χ0v) is 11.6. The van der Waals surface area contributed by atoms with Crippen molar-refractivity contribution < 1.29 is 9.90 Å². The van der Waals surface area contributed by atoms with Gasteiger partial charge in [-0.3, -0.25) is 4.79 Å². The van der Waals surface area contributed by atoms with Gasteiger partial charge in [0.25, 0.3) is 0 Å². The van der Waals surface area contributed by atoms with Gasteiger partial charge in [0.2, 0.25) is 0 Å². The highest BCUT2D eigenvalue weighted by Crippen LogP contribution is 2.29. The number of hydrogen-bond donors (Lipinski definition) is 1. The highest BCUT2D eigenvalue weighted by Gasteiger charge is 2.09. The summed E-state index contributed by atoms with van der Waals surface area (Å²) in [5, 5.41) is 20.0. The molecule has 0 unspecified atom stereocenters. The summed E-state index contributed by atoms with van der Waals surface area (Å²) in [6.07, 6.45) is -0.0816. The first-order chi connectivity index (χ1) is 9.06. The Morgan fingerprint density at radius 1 is 1.53 bits per heavy atom. The van der Waals surface area contributed by atoms with Gasteiger partial charge in [-0.15, -0.1) is 11.3 Å². The zero-order valence-electron chi connectivity index (χ0n) is 9.95. The van der Waals surface area contributed by atoms with E-state index in [2.05, 4.69) is 16.0 Å². The number of thiazole rings is 1. The fourth-order valence-corrected chi connectivity index (χ4v) is 3.27. The minimum Gasteiger partial charge on any atom is -0.481 e. The number of nitriles is 1. The van der Waals surface area contributed by atoms with Crippen LogP contribution in [0.1, 0.15) is 17.0 Å². The average Bonchev–Trinajstić information content (AvgIpc) is 2.74. The van der Waals surface area contributed by atoms with E-state index in [0.717, 1.165) is 10.0 Å². The molecule has 0 fully saturated rings. The Morgan fingerprint density at radius 3 is 3.00 bits per heavy atom. The minimum atomic E-state index is -0.901. The standard InChI is InChI=1S/C12H9N3O2S2/c1-7-2-8(5-13)3-10(14-7)19-12-15-9(6-18-12)4-11(16)17/h2-3,6H,4H2,1H3,(H,16,17). The van der Waals surface area contributed by atoms with Gasteiger partial charge < -0.3 is 5.11 Å². The summed E-state index contributed by atoms with van der Waals surface area (Å²) in [5.41, 5.74) is 1.86. The summed E-state index contributed by atoms with van der Waals surface area (Å²) in [5.74, 6) is -0.901. The Kier molecular flexibility index (Phi) is 4.14. The summed E-state index contributed by atoms with van der Waals surface area (Å²) < 4.78 is 0.721. The molecule has 0 amide bonds. The van der Waals surface area contributed by atoms with Crippen LogP contribution < -0.4 is 0 Å². The monoisotopic (exact) mass is 291 g/mol. The van der Waals surface area contributed by atoms with Crippen LogP contribution in [-0.2, 0) is 11.2 Å². The summed E-state index contributed by atoms with van der Waals surface area (Å²) in [6.45, 7) is 1.82. The Balaban J connectivity index is 2.17. The van der Waals surface area contributed by atoms with E-state index in [9.17, 15) is 4.79 Å². The highest BCUT2D eigenvalue weighted by molar-refractivity contribution is 8.01. The van der Waals surface area contributed by atoms with Gasteiger partial charge in [-0.05, 0) is 30.8 Å². The minimum absolute atomic E-state index is 0.0816. The summed E-state index contributed by atoms with van der Waals surface area (Å²) in [6, 6.07) is 5.48. The van der Waals surface area contributed by atoms with Crippen molar-refractivity contribution >= 4 is 29.1 Å². The number of aromatic nitrogens is 2. The quantitative estimate of drug-likeness (QED) is 0.931. The van der Waals surface area contributed by atoms with Crippen molar-refractivity contribution in [3.05, 3.63) is 34.5 Å². The number of aliphatic carboxylic acids is 1. The molecular weight excluding hydrogens is 282 g/mol. The summed E-state index contributed by atoms with van der Waals surface area (Å²) in [4.78, 5) is 19.1. The molecule has 0 aliphatic carbocycles. The van der Waals surface area contributed by atoms with Crippen LogP contribution in [0.2, 0.25) is 0 Å². The van der Waals surface area contributed by atoms with Gasteiger partial charge >= 0.3 is 5.97 Å². The van der Waals surface area contributed by atoms with Crippen molar-refractivity contribution in [1.29, 1.82) is 5.26 Å². The Labute approximate surface area is 117 Å². The molecule has 0 atom stereocenters. The molecule has 2 rings (SSSR count). The van der Waals surface area contributed by atoms with E-state index >= 15 is 0 Å². The lowest BCUT2D eigenvalue weighted by molar-refractivity contribution is -0.136. The van der Waals surface area contributed by atoms with Crippen LogP contribution in [0.3, 0.4) is 0 Å². The van der Waals surface area contributed by atoms with Crippen LogP contribution in [0.15, 0.2) is 26.9 Å². The predicted molar refractivity (Wildman–Crippen MR) is 71.3 cm³/mol. The Morgan fingerprint density at radius 2 is 2.32 bits per heavy atom. The molecule has 0 saturated carbocycles. The fourth-order valence-electron chi connectivity index (χ4n) is 1.42. The molecule has 0 bridgehead atoms. The first kappa shape index (κ1) is 13.5. The van der Waals surface area contributed by atoms with Gasteiger partial charge in [-0.1, -0.05) is 0 Å². The van der Waals surface area contributed by atoms with Gasteiger partial charge in [0.05, 0.1) is 23.7 Å². The zero-order chi connectivity index (χ0) is 13.8. The molecular formula is C12H9N3O2S2. The van der Waals surface area contributed by atoms with Crippen LogP contribution in [0, 0.1) is 18.3 Å². The van der Waals surface area contributed by atoms with Crippen LogP contribution in [0.25, 0.3) is 0 Å². The lowest BCUT2D eigenvalue weighted by atomic mass is 10.2. The average molecular weight is 291 g/mol. The number of carboxylic acids is 1. The Bertz CT molecular complexity index is 661. The molecule has 0 aliphatic rings. The van der Waals surface area contributed by atoms with Crippen molar-refractivity contribution in [3.63, 3.8) is 0 Å². The number of pyridine rings is 1. The maximum absolute atomic E-state index is 10.6. The van der Waals surface area contributed by atoms with E-state index in [0.29, 0.717) is 16.3 Å². The van der Waals surface area contributed by atoms with Crippen molar-refractivity contribution in [2.75, 3.05) is 0 Å². The second kappa shape index (κ2) is 5.82. The van der Waals surface area contributed by atoms with Crippen LogP contribution in [-0.4, -0.2) is 21.0 Å². The largest absolute Gasteiger partial charge is 0.481 e. The normalized spacial score (nSPS) is 10.1. The molecule has 19 heavy (non-hydrogen) atoms. The molecule has 7 heteroatoms. The first-order valence-corrected chi connectivity index (χ1v) is 6.99. The molecule has 0 radical (unpaired) electrons. The maximum atomic E-state index is 10.6. The molecule has 0 saturated heterocycles. The fraction of sp³-hybridized carbons (Fsp3) is 0.167. The number of nitrogens with zero attached hydrogens (tertiary/aromatic N) is 3. The molecule has 2 heterocycles. The number of carboxylic acid groups (broad SMARTS) is 1. The number of rotatable bonds is 4. The van der Waals surface area contributed by atoms with Gasteiger partial charge in [0.1, 0.15) is 5.03 Å². The van der Waals surface area contributed by atoms with Gasteiger partial charge in [0.15, 0.2) is 4.34 Å². The lowest BCUT2D eigenvalue weighted by Crippen LogP contribution is -1.99. The second-order valence-corrected chi connectivity index (χ2v) is 5.85. The molecule has 0 spiro atoms. The van der Waals surface area contributed by atoms with Crippen molar-refractivity contribution in [2.24, 2.45) is 0 Å². The SMILES string of the molecule is Cc1cc(C#N)cc(Sc2nc(CC(=O)O)cs2)n1. The lowest BCUT2D eigenvalue weighted by Gasteiger charge is -1.99. The second-order valence-electron chi connectivity index (χ2n) is 3.72. The van der Waals surface area contributed by atoms with Gasteiger partial charge in [-0.25, -0.2) is 9.97 Å². The van der Waals surface area contributed by atoms with E-state index < -0.39 is 5.97 Å². The number of aryl methyl sites for hydroxylation is 1. The van der Waals surface area contributed by atoms with Gasteiger partial charge in [-0.2, -0.15) is 5.26 Å². The van der Waals surface area contributed by atoms with Crippen molar-refractivity contribution in [3.8, 4) is 6.07 Å². The third-order valence-electron chi connectivity index (χ3n) is 2.11. The predicted octanol–water partition coefficient (Wildman–Crippen LogP) is 2.50. The molecule has 2 aromatic heterocycles. The molecule has 96 valence electrons. The maximum Gasteiger partial charge on any atom is 0.309 e.